The van der Waals surface area contributed by atoms with Gasteiger partial charge in [-0.25, -0.2) is 14.8 Å². The van der Waals surface area contributed by atoms with Crippen LogP contribution in [0.1, 0.15) is 31.0 Å². The second kappa shape index (κ2) is 6.00. The average Bonchev–Trinajstić information content (AvgIpc) is 3.15. The lowest BCUT2D eigenvalue weighted by atomic mass is 10.0. The van der Waals surface area contributed by atoms with E-state index in [1.165, 1.54) is 0 Å². The summed E-state index contributed by atoms with van der Waals surface area (Å²) in [5.41, 5.74) is 2.03. The van der Waals surface area contributed by atoms with Gasteiger partial charge in [0.25, 0.3) is 0 Å². The summed E-state index contributed by atoms with van der Waals surface area (Å²) in [6, 6.07) is 3.47. The minimum absolute atomic E-state index is 0.249. The molecule has 120 valence electrons. The first-order chi connectivity index (χ1) is 11.0. The molecule has 0 spiro atoms. The maximum atomic E-state index is 12.4. The molecule has 0 aliphatic heterocycles. The van der Waals surface area contributed by atoms with Crippen molar-refractivity contribution >= 4 is 28.7 Å². The van der Waals surface area contributed by atoms with Crippen LogP contribution in [0.15, 0.2) is 36.1 Å². The van der Waals surface area contributed by atoms with Crippen molar-refractivity contribution in [2.45, 2.75) is 32.7 Å². The summed E-state index contributed by atoms with van der Waals surface area (Å²) < 4.78 is 1.89. The van der Waals surface area contributed by atoms with Crippen LogP contribution < -0.4 is 10.6 Å². The topological polar surface area (TPSA) is 71.3 Å². The SMILES string of the molecule is CC[C@@](C)(NC(=O)Nc1ccc2nc(C)cn2c1)c1nccs1. The fourth-order valence-corrected chi connectivity index (χ4v) is 3.22. The number of carbonyl (C=O) groups is 1. The maximum absolute atomic E-state index is 12.4. The van der Waals surface area contributed by atoms with Crippen LogP contribution in [0.5, 0.6) is 0 Å². The highest BCUT2D eigenvalue weighted by atomic mass is 32.1. The molecule has 0 aliphatic carbocycles. The molecule has 0 aliphatic rings. The molecule has 0 radical (unpaired) electrons. The maximum Gasteiger partial charge on any atom is 0.320 e. The number of hydrogen-bond acceptors (Lipinski definition) is 4. The lowest BCUT2D eigenvalue weighted by Crippen LogP contribution is -2.45. The molecule has 2 amide bonds. The van der Waals surface area contributed by atoms with Crippen molar-refractivity contribution in [2.24, 2.45) is 0 Å². The van der Waals surface area contributed by atoms with Gasteiger partial charge in [-0.1, -0.05) is 6.92 Å². The predicted molar refractivity (Wildman–Crippen MR) is 91.8 cm³/mol. The number of nitrogens with one attached hydrogen (secondary N) is 2. The molecule has 23 heavy (non-hydrogen) atoms. The standard InChI is InChI=1S/C16H19N5OS/c1-4-16(3,14-17-7-8-23-14)20-15(22)19-12-5-6-13-18-11(2)9-21(13)10-12/h5-10H,4H2,1-3H3,(H2,19,20,22)/t16-/m1/s1. The minimum Gasteiger partial charge on any atom is -0.326 e. The van der Waals surface area contributed by atoms with Crippen LogP contribution in [0.25, 0.3) is 5.65 Å². The Hall–Kier alpha value is -2.41. The fourth-order valence-electron chi connectivity index (χ4n) is 2.39. The molecule has 0 bridgehead atoms. The monoisotopic (exact) mass is 329 g/mol. The van der Waals surface area contributed by atoms with E-state index in [9.17, 15) is 4.79 Å². The van der Waals surface area contributed by atoms with E-state index >= 15 is 0 Å². The molecule has 3 rings (SSSR count). The van der Waals surface area contributed by atoms with Gasteiger partial charge in [-0.15, -0.1) is 11.3 Å². The molecule has 0 aromatic carbocycles. The number of imidazole rings is 1. The van der Waals surface area contributed by atoms with E-state index in [0.717, 1.165) is 22.8 Å². The van der Waals surface area contributed by atoms with Crippen molar-refractivity contribution < 1.29 is 4.79 Å². The Labute approximate surface area is 138 Å². The van der Waals surface area contributed by atoms with Gasteiger partial charge in [-0.05, 0) is 32.4 Å². The molecule has 0 saturated heterocycles. The fraction of sp³-hybridized carbons (Fsp3) is 0.312. The van der Waals surface area contributed by atoms with E-state index in [0.29, 0.717) is 5.69 Å². The third-order valence-corrected chi connectivity index (χ3v) is 4.87. The molecule has 0 unspecified atom stereocenters. The molecule has 3 aromatic rings. The molecular formula is C16H19N5OS. The van der Waals surface area contributed by atoms with Gasteiger partial charge in [0.15, 0.2) is 0 Å². The molecule has 0 fully saturated rings. The summed E-state index contributed by atoms with van der Waals surface area (Å²) in [5.74, 6) is 0. The number of nitrogens with zero attached hydrogens (tertiary/aromatic N) is 3. The molecule has 1 atom stereocenters. The zero-order chi connectivity index (χ0) is 16.4. The van der Waals surface area contributed by atoms with Crippen LogP contribution in [-0.2, 0) is 5.54 Å². The first-order valence-corrected chi connectivity index (χ1v) is 8.32. The normalized spacial score (nSPS) is 13.7. The van der Waals surface area contributed by atoms with E-state index in [-0.39, 0.29) is 6.03 Å². The number of fused-ring (bicyclic) bond motifs is 1. The zero-order valence-electron chi connectivity index (χ0n) is 13.3. The number of aryl methyl sites for hydroxylation is 1. The first-order valence-electron chi connectivity index (χ1n) is 7.45. The van der Waals surface area contributed by atoms with E-state index in [1.54, 1.807) is 17.5 Å². The zero-order valence-corrected chi connectivity index (χ0v) is 14.1. The van der Waals surface area contributed by atoms with Gasteiger partial charge in [-0.3, -0.25) is 0 Å². The smallest absolute Gasteiger partial charge is 0.320 e. The molecule has 3 aromatic heterocycles. The van der Waals surface area contributed by atoms with Crippen molar-refractivity contribution in [3.8, 4) is 0 Å². The van der Waals surface area contributed by atoms with Crippen molar-refractivity contribution in [1.29, 1.82) is 0 Å². The number of rotatable bonds is 4. The van der Waals surface area contributed by atoms with Crippen molar-refractivity contribution in [3.63, 3.8) is 0 Å². The average molecular weight is 329 g/mol. The van der Waals surface area contributed by atoms with E-state index in [4.69, 9.17) is 0 Å². The number of pyridine rings is 1. The highest BCUT2D eigenvalue weighted by Gasteiger charge is 2.29. The number of carbonyl (C=O) groups excluding carboxylic acids is 1. The highest BCUT2D eigenvalue weighted by Crippen LogP contribution is 2.26. The number of aromatic nitrogens is 3. The third kappa shape index (κ3) is 3.19. The van der Waals surface area contributed by atoms with Crippen LogP contribution in [0, 0.1) is 6.92 Å². The summed E-state index contributed by atoms with van der Waals surface area (Å²) in [6.45, 7) is 5.95. The second-order valence-electron chi connectivity index (χ2n) is 5.67. The second-order valence-corrected chi connectivity index (χ2v) is 6.56. The van der Waals surface area contributed by atoms with Crippen LogP contribution in [0.2, 0.25) is 0 Å². The number of amides is 2. The quantitative estimate of drug-likeness (QED) is 0.769. The number of thiazole rings is 1. The van der Waals surface area contributed by atoms with E-state index in [2.05, 4.69) is 20.6 Å². The third-order valence-electron chi connectivity index (χ3n) is 3.83. The number of urea groups is 1. The Bertz CT molecular complexity index is 826. The van der Waals surface area contributed by atoms with Gasteiger partial charge >= 0.3 is 6.03 Å². The summed E-state index contributed by atoms with van der Waals surface area (Å²) in [4.78, 5) is 21.0. The van der Waals surface area contributed by atoms with Gasteiger partial charge in [0.1, 0.15) is 10.7 Å². The summed E-state index contributed by atoms with van der Waals surface area (Å²) in [5, 5.41) is 8.71. The van der Waals surface area contributed by atoms with Crippen LogP contribution in [0.4, 0.5) is 10.5 Å². The lowest BCUT2D eigenvalue weighted by Gasteiger charge is -2.27. The van der Waals surface area contributed by atoms with Gasteiger partial charge in [0, 0.05) is 24.0 Å². The molecular weight excluding hydrogens is 310 g/mol. The van der Waals surface area contributed by atoms with Gasteiger partial charge < -0.3 is 15.0 Å². The van der Waals surface area contributed by atoms with E-state index in [1.807, 2.05) is 55.1 Å². The molecule has 2 N–H and O–H groups in total. The molecule has 7 heteroatoms. The Morgan fingerprint density at radius 3 is 2.91 bits per heavy atom. The number of anilines is 1. The summed E-state index contributed by atoms with van der Waals surface area (Å²) in [6.07, 6.45) is 6.28. The Kier molecular flexibility index (Phi) is 4.04. The van der Waals surface area contributed by atoms with Crippen molar-refractivity contribution in [2.75, 3.05) is 5.32 Å². The Morgan fingerprint density at radius 2 is 2.22 bits per heavy atom. The van der Waals surface area contributed by atoms with Crippen molar-refractivity contribution in [1.82, 2.24) is 19.7 Å². The van der Waals surface area contributed by atoms with Gasteiger partial charge in [0.2, 0.25) is 0 Å². The minimum atomic E-state index is -0.478. The molecule has 3 heterocycles. The van der Waals surface area contributed by atoms with Gasteiger partial charge in [0.05, 0.1) is 16.9 Å². The predicted octanol–water partition coefficient (Wildman–Crippen LogP) is 3.55. The first kappa shape index (κ1) is 15.5. The largest absolute Gasteiger partial charge is 0.326 e. The van der Waals surface area contributed by atoms with Crippen molar-refractivity contribution in [3.05, 3.63) is 46.8 Å². The molecule has 0 saturated carbocycles. The van der Waals surface area contributed by atoms with Crippen LogP contribution in [-0.4, -0.2) is 20.4 Å². The number of hydrogen-bond donors (Lipinski definition) is 2. The Balaban J connectivity index is 1.75. The van der Waals surface area contributed by atoms with Gasteiger partial charge in [-0.2, -0.15) is 0 Å². The van der Waals surface area contributed by atoms with Crippen LogP contribution >= 0.6 is 11.3 Å². The summed E-state index contributed by atoms with van der Waals surface area (Å²) in [7, 11) is 0. The molecule has 6 nitrogen and oxygen atoms in total. The summed E-state index contributed by atoms with van der Waals surface area (Å²) >= 11 is 1.54. The Morgan fingerprint density at radius 1 is 1.39 bits per heavy atom. The van der Waals surface area contributed by atoms with Crippen LogP contribution in [0.3, 0.4) is 0 Å². The highest BCUT2D eigenvalue weighted by molar-refractivity contribution is 7.09. The van der Waals surface area contributed by atoms with E-state index < -0.39 is 5.54 Å². The lowest BCUT2D eigenvalue weighted by molar-refractivity contribution is 0.238.